The Morgan fingerprint density at radius 3 is 1.29 bits per heavy atom. The van der Waals surface area contributed by atoms with Crippen LogP contribution < -0.4 is 0 Å². The average molecular weight is 423 g/mol. The lowest BCUT2D eigenvalue weighted by molar-refractivity contribution is 0.400. The third kappa shape index (κ3) is 8.67. The van der Waals surface area contributed by atoms with Crippen molar-refractivity contribution in [2.45, 2.75) is 62.6 Å². The second-order valence-corrected chi connectivity index (χ2v) is 23.3. The summed E-state index contributed by atoms with van der Waals surface area (Å²) in [5, 5.41) is 0. The van der Waals surface area contributed by atoms with Gasteiger partial charge in [0.05, 0.1) is 0 Å². The van der Waals surface area contributed by atoms with E-state index in [1.165, 1.54) is 12.8 Å². The summed E-state index contributed by atoms with van der Waals surface area (Å²) in [5.74, 6) is 0. The van der Waals surface area contributed by atoms with E-state index >= 15 is 0 Å². The van der Waals surface area contributed by atoms with Gasteiger partial charge in [0.15, 0.2) is 16.6 Å². The SMILES string of the molecule is CCC(SSSSSC(CC)[Si](C)(C)OC)[Si](C)(C)OC. The summed E-state index contributed by atoms with van der Waals surface area (Å²) in [6.45, 7) is 13.8. The topological polar surface area (TPSA) is 18.5 Å². The summed E-state index contributed by atoms with van der Waals surface area (Å²) in [4.78, 5) is 1.30. The first-order chi connectivity index (χ1) is 9.75. The molecule has 0 amide bonds. The highest BCUT2D eigenvalue weighted by Gasteiger charge is 2.33. The average Bonchev–Trinajstić information content (AvgIpc) is 2.46. The van der Waals surface area contributed by atoms with Crippen LogP contribution in [0.2, 0.25) is 26.2 Å². The summed E-state index contributed by atoms with van der Waals surface area (Å²) in [7, 11) is 10.3. The molecule has 0 saturated heterocycles. The highest BCUT2D eigenvalue weighted by atomic mass is 33.8. The Morgan fingerprint density at radius 1 is 0.714 bits per heavy atom. The molecule has 0 aromatic carbocycles. The minimum Gasteiger partial charge on any atom is -0.419 e. The van der Waals surface area contributed by atoms with Crippen molar-refractivity contribution in [1.82, 2.24) is 0 Å². The van der Waals surface area contributed by atoms with E-state index in [1.54, 1.807) is 0 Å². The molecule has 0 radical (unpaired) electrons. The van der Waals surface area contributed by atoms with E-state index in [9.17, 15) is 0 Å². The molecule has 0 N–H and O–H groups in total. The molecule has 2 unspecified atom stereocenters. The fourth-order valence-corrected chi connectivity index (χ4v) is 21.8. The van der Waals surface area contributed by atoms with E-state index in [1.807, 2.05) is 65.3 Å². The second kappa shape index (κ2) is 11.6. The molecular weight excluding hydrogens is 393 g/mol. The van der Waals surface area contributed by atoms with Gasteiger partial charge < -0.3 is 8.85 Å². The van der Waals surface area contributed by atoms with Crippen molar-refractivity contribution in [3.63, 3.8) is 0 Å². The lowest BCUT2D eigenvalue weighted by Crippen LogP contribution is -2.41. The van der Waals surface area contributed by atoms with Gasteiger partial charge in [-0.25, -0.2) is 0 Å². The van der Waals surface area contributed by atoms with Crippen molar-refractivity contribution in [2.75, 3.05) is 14.2 Å². The largest absolute Gasteiger partial charge is 0.419 e. The quantitative estimate of drug-likeness (QED) is 0.196. The molecule has 128 valence electrons. The fraction of sp³-hybridized carbons (Fsp3) is 1.00. The van der Waals surface area contributed by atoms with Crippen LogP contribution in [-0.2, 0) is 8.85 Å². The molecule has 0 aliphatic carbocycles. The first-order valence-electron chi connectivity index (χ1n) is 7.17. The van der Waals surface area contributed by atoms with Crippen molar-refractivity contribution in [3.8, 4) is 0 Å². The van der Waals surface area contributed by atoms with E-state index in [2.05, 4.69) is 40.0 Å². The lowest BCUT2D eigenvalue weighted by atomic mass is 10.6. The molecule has 0 aliphatic rings. The maximum absolute atomic E-state index is 5.74. The fourth-order valence-electron chi connectivity index (χ4n) is 1.75. The monoisotopic (exact) mass is 422 g/mol. The number of hydrogen-bond donors (Lipinski definition) is 0. The van der Waals surface area contributed by atoms with Crippen LogP contribution in [0.4, 0.5) is 0 Å². The van der Waals surface area contributed by atoms with Gasteiger partial charge in [0.25, 0.3) is 0 Å². The Hall–Kier alpha value is 2.10. The number of rotatable bonds is 12. The molecule has 0 aromatic heterocycles. The zero-order valence-electron chi connectivity index (χ0n) is 14.4. The van der Waals surface area contributed by atoms with E-state index in [0.717, 1.165) is 0 Å². The van der Waals surface area contributed by atoms with Crippen molar-refractivity contribution in [3.05, 3.63) is 0 Å². The zero-order valence-corrected chi connectivity index (χ0v) is 20.5. The molecule has 21 heavy (non-hydrogen) atoms. The Balaban J connectivity index is 4.05. The van der Waals surface area contributed by atoms with Gasteiger partial charge in [0.1, 0.15) is 0 Å². The molecule has 0 rings (SSSR count). The van der Waals surface area contributed by atoms with Crippen LogP contribution in [0.25, 0.3) is 0 Å². The minimum absolute atomic E-state index is 0.650. The van der Waals surface area contributed by atoms with Crippen LogP contribution in [0.5, 0.6) is 0 Å². The van der Waals surface area contributed by atoms with Gasteiger partial charge in [-0.05, 0) is 68.5 Å². The molecule has 9 heteroatoms. The van der Waals surface area contributed by atoms with Gasteiger partial charge in [-0.1, -0.05) is 35.4 Å². The molecule has 0 aliphatic heterocycles. The molecular formula is C12H30O2S5Si2. The molecule has 0 spiro atoms. The van der Waals surface area contributed by atoms with Crippen LogP contribution in [0.3, 0.4) is 0 Å². The highest BCUT2D eigenvalue weighted by molar-refractivity contribution is 9.35. The Morgan fingerprint density at radius 2 is 1.05 bits per heavy atom. The van der Waals surface area contributed by atoms with E-state index in [0.29, 0.717) is 9.75 Å². The summed E-state index contributed by atoms with van der Waals surface area (Å²) in [6.07, 6.45) is 2.37. The van der Waals surface area contributed by atoms with Gasteiger partial charge in [-0.3, -0.25) is 0 Å². The van der Waals surface area contributed by atoms with Gasteiger partial charge in [0.2, 0.25) is 0 Å². The minimum atomic E-state index is -1.53. The normalized spacial score (nSPS) is 16.0. The highest BCUT2D eigenvalue weighted by Crippen LogP contribution is 2.53. The maximum Gasteiger partial charge on any atom is 0.199 e. The summed E-state index contributed by atoms with van der Waals surface area (Å²) >= 11 is 0. The Kier molecular flexibility index (Phi) is 12.8. The summed E-state index contributed by atoms with van der Waals surface area (Å²) in [6, 6.07) is 0. The Labute approximate surface area is 152 Å². The van der Waals surface area contributed by atoms with Gasteiger partial charge in [-0.15, -0.1) is 0 Å². The smallest absolute Gasteiger partial charge is 0.199 e. The van der Waals surface area contributed by atoms with Gasteiger partial charge >= 0.3 is 0 Å². The van der Waals surface area contributed by atoms with Crippen molar-refractivity contribution in [2.24, 2.45) is 0 Å². The Bertz CT molecular complexity index is 256. The van der Waals surface area contributed by atoms with Crippen molar-refractivity contribution >= 4 is 67.7 Å². The molecule has 2 atom stereocenters. The first-order valence-corrected chi connectivity index (χ1v) is 19.4. The van der Waals surface area contributed by atoms with Crippen molar-refractivity contribution in [1.29, 1.82) is 0 Å². The molecule has 0 bridgehead atoms. The summed E-state index contributed by atoms with van der Waals surface area (Å²) in [5.41, 5.74) is 0. The molecule has 2 nitrogen and oxygen atoms in total. The van der Waals surface area contributed by atoms with E-state index in [-0.39, 0.29) is 0 Å². The standard InChI is InChI=1S/C12H30O2S5Si2/c1-9-11(20(5,6)13-3)15-17-19-18-16-12(10-2)21(7,8)14-4/h11-12H,9-10H2,1-8H3. The van der Waals surface area contributed by atoms with Gasteiger partial charge in [-0.2, -0.15) is 0 Å². The second-order valence-electron chi connectivity index (χ2n) is 5.81. The summed E-state index contributed by atoms with van der Waals surface area (Å²) < 4.78 is 11.5. The molecule has 0 aromatic rings. The predicted octanol–water partition coefficient (Wildman–Crippen LogP) is 6.65. The molecule has 0 saturated carbocycles. The van der Waals surface area contributed by atoms with Crippen LogP contribution in [0, 0.1) is 0 Å². The third-order valence-corrected chi connectivity index (χ3v) is 23.9. The van der Waals surface area contributed by atoms with Crippen molar-refractivity contribution < 1.29 is 8.85 Å². The zero-order chi connectivity index (χ0) is 16.5. The number of hydrogen-bond acceptors (Lipinski definition) is 7. The maximum atomic E-state index is 5.74. The molecule has 0 fully saturated rings. The third-order valence-electron chi connectivity index (χ3n) is 3.71. The lowest BCUT2D eigenvalue weighted by Gasteiger charge is -2.29. The van der Waals surface area contributed by atoms with Crippen LogP contribution in [0.15, 0.2) is 0 Å². The van der Waals surface area contributed by atoms with Crippen LogP contribution >= 0.6 is 51.1 Å². The molecule has 0 heterocycles. The van der Waals surface area contributed by atoms with Crippen LogP contribution in [-0.4, -0.2) is 40.6 Å². The van der Waals surface area contributed by atoms with E-state index < -0.39 is 16.6 Å². The first kappa shape index (κ1) is 23.1. The predicted molar refractivity (Wildman–Crippen MR) is 115 cm³/mol. The van der Waals surface area contributed by atoms with Gasteiger partial charge in [0, 0.05) is 24.0 Å². The van der Waals surface area contributed by atoms with E-state index in [4.69, 9.17) is 8.85 Å². The van der Waals surface area contributed by atoms with Crippen LogP contribution in [0.1, 0.15) is 26.7 Å².